The number of anilines is 1. The van der Waals surface area contributed by atoms with Crippen LogP contribution in [0, 0.1) is 0 Å². The summed E-state index contributed by atoms with van der Waals surface area (Å²) in [6.45, 7) is 5.16. The van der Waals surface area contributed by atoms with E-state index >= 15 is 0 Å². The van der Waals surface area contributed by atoms with E-state index in [-0.39, 0.29) is 5.91 Å². The van der Waals surface area contributed by atoms with Crippen molar-refractivity contribution in [3.05, 3.63) is 12.3 Å². The highest BCUT2D eigenvalue weighted by Gasteiger charge is 2.23. The highest BCUT2D eigenvalue weighted by Crippen LogP contribution is 2.22. The smallest absolute Gasteiger partial charge is 0.236 e. The number of hydrogen-bond acceptors (Lipinski definition) is 4. The summed E-state index contributed by atoms with van der Waals surface area (Å²) in [4.78, 5) is 15.8. The maximum atomic E-state index is 11.8. The first-order valence-electron chi connectivity index (χ1n) is 6.87. The fraction of sp³-hybridized carbons (Fsp3) is 0.692. The molecule has 6 nitrogen and oxygen atoms in total. The van der Waals surface area contributed by atoms with Gasteiger partial charge in [-0.3, -0.25) is 14.4 Å². The first-order chi connectivity index (χ1) is 9.10. The van der Waals surface area contributed by atoms with E-state index in [1.165, 1.54) is 0 Å². The van der Waals surface area contributed by atoms with E-state index in [4.69, 9.17) is 5.73 Å². The quantitative estimate of drug-likeness (QED) is 0.865. The van der Waals surface area contributed by atoms with Crippen LogP contribution in [0.4, 0.5) is 5.82 Å². The Morgan fingerprint density at radius 2 is 2.21 bits per heavy atom. The maximum Gasteiger partial charge on any atom is 0.236 e. The first kappa shape index (κ1) is 13.9. The van der Waals surface area contributed by atoms with Crippen molar-refractivity contribution in [3.8, 4) is 0 Å². The molecule has 1 amide bonds. The first-order valence-corrected chi connectivity index (χ1v) is 6.87. The van der Waals surface area contributed by atoms with Gasteiger partial charge >= 0.3 is 0 Å². The number of aromatic nitrogens is 2. The van der Waals surface area contributed by atoms with Gasteiger partial charge in [0.2, 0.25) is 5.91 Å². The molecule has 0 atom stereocenters. The second kappa shape index (κ2) is 6.06. The van der Waals surface area contributed by atoms with Gasteiger partial charge in [0.25, 0.3) is 0 Å². The van der Waals surface area contributed by atoms with E-state index < -0.39 is 0 Å². The topological polar surface area (TPSA) is 67.4 Å². The van der Waals surface area contributed by atoms with Crippen molar-refractivity contribution in [1.29, 1.82) is 0 Å². The van der Waals surface area contributed by atoms with Crippen LogP contribution in [0.3, 0.4) is 0 Å². The SMILES string of the molecule is CCN(C)C(=O)CN1CCC(n2ccc(N)n2)CC1. The van der Waals surface area contributed by atoms with Crippen LogP contribution < -0.4 is 5.73 Å². The zero-order chi connectivity index (χ0) is 13.8. The van der Waals surface area contributed by atoms with Crippen molar-refractivity contribution in [2.24, 2.45) is 0 Å². The van der Waals surface area contributed by atoms with Crippen molar-refractivity contribution < 1.29 is 4.79 Å². The Morgan fingerprint density at radius 1 is 1.53 bits per heavy atom. The fourth-order valence-electron chi connectivity index (χ4n) is 2.39. The minimum atomic E-state index is 0.198. The molecule has 19 heavy (non-hydrogen) atoms. The minimum absolute atomic E-state index is 0.198. The molecule has 106 valence electrons. The number of nitrogens with two attached hydrogens (primary N) is 1. The summed E-state index contributed by atoms with van der Waals surface area (Å²) >= 11 is 0. The third-order valence-corrected chi connectivity index (χ3v) is 3.82. The summed E-state index contributed by atoms with van der Waals surface area (Å²) in [5.41, 5.74) is 5.63. The van der Waals surface area contributed by atoms with E-state index in [0.29, 0.717) is 18.4 Å². The average molecular weight is 265 g/mol. The van der Waals surface area contributed by atoms with Crippen LogP contribution in [0.25, 0.3) is 0 Å². The molecule has 0 radical (unpaired) electrons. The molecule has 2 N–H and O–H groups in total. The van der Waals surface area contributed by atoms with Crippen molar-refractivity contribution >= 4 is 11.7 Å². The number of rotatable bonds is 4. The zero-order valence-corrected chi connectivity index (χ0v) is 11.7. The van der Waals surface area contributed by atoms with Gasteiger partial charge in [0.05, 0.1) is 12.6 Å². The Morgan fingerprint density at radius 3 is 2.74 bits per heavy atom. The molecular weight excluding hydrogens is 242 g/mol. The summed E-state index contributed by atoms with van der Waals surface area (Å²) in [6.07, 6.45) is 3.97. The number of nitrogens with zero attached hydrogens (tertiary/aromatic N) is 4. The molecule has 6 heteroatoms. The normalized spacial score (nSPS) is 17.6. The second-order valence-corrected chi connectivity index (χ2v) is 5.14. The number of carbonyl (C=O) groups is 1. The van der Waals surface area contributed by atoms with E-state index in [1.807, 2.05) is 30.9 Å². The summed E-state index contributed by atoms with van der Waals surface area (Å²) in [7, 11) is 1.85. The van der Waals surface area contributed by atoms with Gasteiger partial charge in [0.15, 0.2) is 0 Å². The van der Waals surface area contributed by atoms with Crippen molar-refractivity contribution in [2.45, 2.75) is 25.8 Å². The molecule has 0 bridgehead atoms. The molecule has 2 heterocycles. The predicted molar refractivity (Wildman–Crippen MR) is 74.7 cm³/mol. The van der Waals surface area contributed by atoms with E-state index in [0.717, 1.165) is 32.5 Å². The van der Waals surface area contributed by atoms with Gasteiger partial charge in [-0.05, 0) is 25.8 Å². The van der Waals surface area contributed by atoms with Crippen LogP contribution in [0.1, 0.15) is 25.8 Å². The molecule has 0 aliphatic carbocycles. The van der Waals surface area contributed by atoms with E-state index in [1.54, 1.807) is 4.90 Å². The van der Waals surface area contributed by atoms with Crippen molar-refractivity contribution in [2.75, 3.05) is 39.0 Å². The highest BCUT2D eigenvalue weighted by atomic mass is 16.2. The number of amides is 1. The van der Waals surface area contributed by atoms with Gasteiger partial charge in [-0.2, -0.15) is 5.10 Å². The van der Waals surface area contributed by atoms with Crippen LogP contribution in [0.2, 0.25) is 0 Å². The number of piperidine rings is 1. The molecular formula is C13H23N5O. The molecule has 0 unspecified atom stereocenters. The van der Waals surface area contributed by atoms with Crippen LogP contribution in [-0.2, 0) is 4.79 Å². The average Bonchev–Trinajstić information content (AvgIpc) is 2.85. The summed E-state index contributed by atoms with van der Waals surface area (Å²) in [6, 6.07) is 2.24. The molecule has 0 spiro atoms. The lowest BCUT2D eigenvalue weighted by atomic mass is 10.1. The van der Waals surface area contributed by atoms with Crippen LogP contribution in [0.15, 0.2) is 12.3 Å². The molecule has 1 aromatic rings. The van der Waals surface area contributed by atoms with Gasteiger partial charge in [-0.25, -0.2) is 0 Å². The summed E-state index contributed by atoms with van der Waals surface area (Å²) < 4.78 is 1.95. The number of hydrogen-bond donors (Lipinski definition) is 1. The Hall–Kier alpha value is -1.56. The number of carbonyl (C=O) groups excluding carboxylic acids is 1. The summed E-state index contributed by atoms with van der Waals surface area (Å²) in [5, 5.41) is 4.26. The third-order valence-electron chi connectivity index (χ3n) is 3.82. The number of nitrogen functional groups attached to an aromatic ring is 1. The van der Waals surface area contributed by atoms with Crippen LogP contribution in [-0.4, -0.2) is 58.7 Å². The number of likely N-dealkylation sites (N-methyl/N-ethyl adjacent to an activating group) is 1. The van der Waals surface area contributed by atoms with Gasteiger partial charge < -0.3 is 10.6 Å². The fourth-order valence-corrected chi connectivity index (χ4v) is 2.39. The van der Waals surface area contributed by atoms with Crippen LogP contribution >= 0.6 is 0 Å². The molecule has 1 aromatic heterocycles. The molecule has 0 saturated carbocycles. The Balaban J connectivity index is 1.81. The maximum absolute atomic E-state index is 11.8. The molecule has 2 rings (SSSR count). The van der Waals surface area contributed by atoms with Gasteiger partial charge in [-0.1, -0.05) is 0 Å². The largest absolute Gasteiger partial charge is 0.382 e. The van der Waals surface area contributed by atoms with Gasteiger partial charge in [0, 0.05) is 32.9 Å². The van der Waals surface area contributed by atoms with Crippen molar-refractivity contribution in [3.63, 3.8) is 0 Å². The Bertz CT molecular complexity index is 422. The van der Waals surface area contributed by atoms with E-state index in [9.17, 15) is 4.79 Å². The number of likely N-dealkylation sites (tertiary alicyclic amines) is 1. The Labute approximate surface area is 114 Å². The molecule has 1 aliphatic heterocycles. The standard InChI is InChI=1S/C13H23N5O/c1-3-16(2)13(19)10-17-7-4-11(5-8-17)18-9-6-12(14)15-18/h6,9,11H,3-5,7-8,10H2,1-2H3,(H2,14,15). The molecule has 1 saturated heterocycles. The lowest BCUT2D eigenvalue weighted by Gasteiger charge is -2.32. The third kappa shape index (κ3) is 3.47. The lowest BCUT2D eigenvalue weighted by Crippen LogP contribution is -2.42. The second-order valence-electron chi connectivity index (χ2n) is 5.14. The van der Waals surface area contributed by atoms with Crippen LogP contribution in [0.5, 0.6) is 0 Å². The molecule has 1 aliphatic rings. The minimum Gasteiger partial charge on any atom is -0.382 e. The van der Waals surface area contributed by atoms with Gasteiger partial charge in [-0.15, -0.1) is 0 Å². The monoisotopic (exact) mass is 265 g/mol. The Kier molecular flexibility index (Phi) is 4.42. The zero-order valence-electron chi connectivity index (χ0n) is 11.7. The highest BCUT2D eigenvalue weighted by molar-refractivity contribution is 5.77. The lowest BCUT2D eigenvalue weighted by molar-refractivity contribution is -0.131. The molecule has 0 aromatic carbocycles. The predicted octanol–water partition coefficient (Wildman–Crippen LogP) is 0.581. The van der Waals surface area contributed by atoms with Crippen molar-refractivity contribution in [1.82, 2.24) is 19.6 Å². The van der Waals surface area contributed by atoms with Gasteiger partial charge in [0.1, 0.15) is 5.82 Å². The summed E-state index contributed by atoms with van der Waals surface area (Å²) in [5.74, 6) is 0.770. The molecule has 1 fully saturated rings. The van der Waals surface area contributed by atoms with E-state index in [2.05, 4.69) is 10.00 Å².